The highest BCUT2D eigenvalue weighted by Crippen LogP contribution is 2.26. The molecule has 2 aromatic rings. The van der Waals surface area contributed by atoms with E-state index in [0.29, 0.717) is 12.2 Å². The summed E-state index contributed by atoms with van der Waals surface area (Å²) in [5.41, 5.74) is 6.92. The third kappa shape index (κ3) is 3.49. The summed E-state index contributed by atoms with van der Waals surface area (Å²) >= 11 is 3.23. The number of amides is 1. The highest BCUT2D eigenvalue weighted by molar-refractivity contribution is 7.10. The molecule has 5 nitrogen and oxygen atoms in total. The van der Waals surface area contributed by atoms with E-state index < -0.39 is 0 Å². The Morgan fingerprint density at radius 1 is 1.52 bits per heavy atom. The lowest BCUT2D eigenvalue weighted by molar-refractivity contribution is -0.0327. The van der Waals surface area contributed by atoms with Gasteiger partial charge in [0.15, 0.2) is 0 Å². The van der Waals surface area contributed by atoms with Crippen molar-refractivity contribution < 1.29 is 9.53 Å². The minimum absolute atomic E-state index is 0.0491. The molecule has 0 radical (unpaired) electrons. The molecule has 1 saturated heterocycles. The van der Waals surface area contributed by atoms with Crippen LogP contribution in [0.2, 0.25) is 0 Å². The van der Waals surface area contributed by atoms with E-state index in [4.69, 9.17) is 10.5 Å². The zero-order chi connectivity index (χ0) is 14.8. The number of primary amides is 1. The molecule has 7 heteroatoms. The summed E-state index contributed by atoms with van der Waals surface area (Å²) in [7, 11) is 0. The number of aryl methyl sites for hydroxylation is 1. The minimum Gasteiger partial charge on any atom is -0.368 e. The number of nitrogens with zero attached hydrogens (tertiary/aromatic N) is 2. The van der Waals surface area contributed by atoms with Crippen molar-refractivity contribution in [3.8, 4) is 0 Å². The van der Waals surface area contributed by atoms with Crippen LogP contribution in [0.5, 0.6) is 0 Å². The summed E-state index contributed by atoms with van der Waals surface area (Å²) in [6, 6.07) is 1.88. The molecule has 112 valence electrons. The summed E-state index contributed by atoms with van der Waals surface area (Å²) in [5, 5.41) is 4.91. The van der Waals surface area contributed by atoms with Crippen molar-refractivity contribution >= 4 is 28.6 Å². The van der Waals surface area contributed by atoms with Gasteiger partial charge in [-0.15, -0.1) is 22.7 Å². The van der Waals surface area contributed by atoms with Gasteiger partial charge in [-0.2, -0.15) is 0 Å². The van der Waals surface area contributed by atoms with Crippen molar-refractivity contribution in [2.75, 3.05) is 19.7 Å². The van der Waals surface area contributed by atoms with E-state index in [1.807, 2.05) is 18.4 Å². The molecule has 1 amide bonds. The van der Waals surface area contributed by atoms with Gasteiger partial charge >= 0.3 is 0 Å². The minimum atomic E-state index is -0.365. The second-order valence-corrected chi connectivity index (χ2v) is 6.97. The van der Waals surface area contributed by atoms with Crippen LogP contribution in [-0.4, -0.2) is 35.5 Å². The maximum Gasteiger partial charge on any atom is 0.249 e. The predicted octanol–water partition coefficient (Wildman–Crippen LogP) is 2.19. The third-order valence-corrected chi connectivity index (χ3v) is 5.36. The maximum atomic E-state index is 11.1. The first-order valence-corrected chi connectivity index (χ1v) is 8.51. The first kappa shape index (κ1) is 14.6. The molecule has 0 saturated carbocycles. The largest absolute Gasteiger partial charge is 0.368 e. The van der Waals surface area contributed by atoms with Crippen LogP contribution in [-0.2, 0) is 11.3 Å². The maximum absolute atomic E-state index is 11.1. The van der Waals surface area contributed by atoms with Gasteiger partial charge < -0.3 is 10.5 Å². The van der Waals surface area contributed by atoms with Crippen LogP contribution in [0, 0.1) is 6.92 Å². The number of carbonyl (C=O) groups is 1. The van der Waals surface area contributed by atoms with Gasteiger partial charge in [0, 0.05) is 41.0 Å². The quantitative estimate of drug-likeness (QED) is 0.936. The first-order valence-electron chi connectivity index (χ1n) is 6.75. The van der Waals surface area contributed by atoms with Crippen LogP contribution in [0.15, 0.2) is 16.8 Å². The van der Waals surface area contributed by atoms with Crippen molar-refractivity contribution in [3.63, 3.8) is 0 Å². The van der Waals surface area contributed by atoms with Crippen LogP contribution in [0.4, 0.5) is 0 Å². The lowest BCUT2D eigenvalue weighted by Gasteiger charge is -2.31. The summed E-state index contributed by atoms with van der Waals surface area (Å²) in [6.07, 6.45) is 0.0491. The van der Waals surface area contributed by atoms with Gasteiger partial charge in [0.05, 0.1) is 12.2 Å². The van der Waals surface area contributed by atoms with Crippen LogP contribution in [0.1, 0.15) is 32.0 Å². The van der Waals surface area contributed by atoms with E-state index in [1.165, 1.54) is 0 Å². The molecule has 2 aromatic heterocycles. The molecular weight excluding hydrogens is 306 g/mol. The number of nitrogens with two attached hydrogens (primary N) is 1. The summed E-state index contributed by atoms with van der Waals surface area (Å²) in [6.45, 7) is 5.25. The van der Waals surface area contributed by atoms with Crippen LogP contribution >= 0.6 is 22.7 Å². The van der Waals surface area contributed by atoms with Crippen LogP contribution < -0.4 is 5.73 Å². The van der Waals surface area contributed by atoms with Crippen molar-refractivity contribution in [1.29, 1.82) is 0 Å². The van der Waals surface area contributed by atoms with Crippen molar-refractivity contribution in [2.45, 2.75) is 19.6 Å². The number of morpholine rings is 1. The molecule has 21 heavy (non-hydrogen) atoms. The summed E-state index contributed by atoms with van der Waals surface area (Å²) in [4.78, 5) is 19.1. The number of carbonyl (C=O) groups excluding carboxylic acids is 1. The second kappa shape index (κ2) is 6.23. The van der Waals surface area contributed by atoms with E-state index in [-0.39, 0.29) is 12.0 Å². The zero-order valence-corrected chi connectivity index (χ0v) is 13.4. The molecule has 1 atom stereocenters. The average molecular weight is 323 g/mol. The molecule has 0 bridgehead atoms. The first-order chi connectivity index (χ1) is 10.1. The van der Waals surface area contributed by atoms with Gasteiger partial charge in [-0.3, -0.25) is 9.69 Å². The van der Waals surface area contributed by atoms with Crippen molar-refractivity contribution in [3.05, 3.63) is 38.0 Å². The highest BCUT2D eigenvalue weighted by Gasteiger charge is 2.24. The fourth-order valence-corrected chi connectivity index (χ4v) is 4.08. The van der Waals surface area contributed by atoms with Crippen LogP contribution in [0.25, 0.3) is 0 Å². The van der Waals surface area contributed by atoms with E-state index in [1.54, 1.807) is 22.7 Å². The number of thiophene rings is 1. The van der Waals surface area contributed by atoms with Gasteiger partial charge in [0.25, 0.3) is 0 Å². The molecule has 1 aliphatic heterocycles. The van der Waals surface area contributed by atoms with Gasteiger partial charge in [-0.25, -0.2) is 4.98 Å². The molecule has 0 unspecified atom stereocenters. The van der Waals surface area contributed by atoms with Crippen LogP contribution in [0.3, 0.4) is 0 Å². The SMILES string of the molecule is Cc1csc([C@H]2CN(Cc3cc(C(N)=O)cs3)CCO2)n1. The molecule has 0 aromatic carbocycles. The third-order valence-electron chi connectivity index (χ3n) is 3.38. The smallest absolute Gasteiger partial charge is 0.249 e. The van der Waals surface area contributed by atoms with Gasteiger partial charge in [-0.05, 0) is 13.0 Å². The normalized spacial score (nSPS) is 19.8. The fourth-order valence-electron chi connectivity index (χ4n) is 2.33. The number of hydrogen-bond donors (Lipinski definition) is 1. The molecular formula is C14H17N3O2S2. The molecule has 1 fully saturated rings. The average Bonchev–Trinajstić information content (AvgIpc) is 3.08. The highest BCUT2D eigenvalue weighted by atomic mass is 32.1. The molecule has 1 aliphatic rings. The molecule has 3 rings (SSSR count). The molecule has 0 aliphatic carbocycles. The fraction of sp³-hybridized carbons (Fsp3) is 0.429. The van der Waals surface area contributed by atoms with Gasteiger partial charge in [0.2, 0.25) is 5.91 Å². The van der Waals surface area contributed by atoms with E-state index >= 15 is 0 Å². The van der Waals surface area contributed by atoms with E-state index in [9.17, 15) is 4.79 Å². The Bertz CT molecular complexity index is 638. The Morgan fingerprint density at radius 2 is 2.38 bits per heavy atom. The second-order valence-electron chi connectivity index (χ2n) is 5.09. The number of ether oxygens (including phenoxy) is 1. The summed E-state index contributed by atoms with van der Waals surface area (Å²) in [5.74, 6) is -0.365. The lowest BCUT2D eigenvalue weighted by atomic mass is 10.2. The van der Waals surface area contributed by atoms with Crippen molar-refractivity contribution in [2.24, 2.45) is 5.73 Å². The van der Waals surface area contributed by atoms with Gasteiger partial charge in [-0.1, -0.05) is 0 Å². The Labute approximate surface area is 131 Å². The van der Waals surface area contributed by atoms with Gasteiger partial charge in [0.1, 0.15) is 11.1 Å². The zero-order valence-electron chi connectivity index (χ0n) is 11.7. The Kier molecular flexibility index (Phi) is 4.34. The molecule has 3 heterocycles. The molecule has 2 N–H and O–H groups in total. The predicted molar refractivity (Wildman–Crippen MR) is 83.7 cm³/mol. The van der Waals surface area contributed by atoms with E-state index in [2.05, 4.69) is 15.3 Å². The number of hydrogen-bond acceptors (Lipinski definition) is 6. The Balaban J connectivity index is 1.64. The number of aromatic nitrogens is 1. The van der Waals surface area contributed by atoms with Crippen molar-refractivity contribution in [1.82, 2.24) is 9.88 Å². The Hall–Kier alpha value is -1.28. The number of thiazole rings is 1. The lowest BCUT2D eigenvalue weighted by Crippen LogP contribution is -2.37. The number of rotatable bonds is 4. The molecule has 0 spiro atoms. The standard InChI is InChI=1S/C14H17N3O2S2/c1-9-7-21-14(16-9)12-6-17(2-3-19-12)5-11-4-10(8-20-11)13(15)18/h4,7-8,12H,2-3,5-6H2,1H3,(H2,15,18)/t12-/m1/s1. The van der Waals surface area contributed by atoms with E-state index in [0.717, 1.165) is 35.2 Å². The topological polar surface area (TPSA) is 68.5 Å². The monoisotopic (exact) mass is 323 g/mol. The summed E-state index contributed by atoms with van der Waals surface area (Å²) < 4.78 is 5.82. The Morgan fingerprint density at radius 3 is 3.05 bits per heavy atom.